The van der Waals surface area contributed by atoms with Crippen LogP contribution in [0.15, 0.2) is 54.2 Å². The summed E-state index contributed by atoms with van der Waals surface area (Å²) in [7, 11) is 1.55. The van der Waals surface area contributed by atoms with Crippen molar-refractivity contribution in [1.29, 1.82) is 0 Å². The summed E-state index contributed by atoms with van der Waals surface area (Å²) in [5.74, 6) is -0.251. The van der Waals surface area contributed by atoms with Gasteiger partial charge in [-0.15, -0.1) is 0 Å². The van der Waals surface area contributed by atoms with Crippen LogP contribution >= 0.6 is 0 Å². The number of rotatable bonds is 10. The van der Waals surface area contributed by atoms with E-state index in [0.717, 1.165) is 0 Å². The first-order valence-electron chi connectivity index (χ1n) is 9.80. The molecule has 0 aliphatic carbocycles. The highest BCUT2D eigenvalue weighted by Gasteiger charge is 2.39. The van der Waals surface area contributed by atoms with Crippen LogP contribution in [0, 0.1) is 10.1 Å². The molecule has 0 aromatic heterocycles. The zero-order valence-corrected chi connectivity index (χ0v) is 17.3. The predicted molar refractivity (Wildman–Crippen MR) is 114 cm³/mol. The minimum Gasteiger partial charge on any atom is -0.497 e. The number of methoxy groups -OCH3 is 1. The van der Waals surface area contributed by atoms with Crippen molar-refractivity contribution in [1.82, 2.24) is 4.90 Å². The third-order valence-corrected chi connectivity index (χ3v) is 4.77. The van der Waals surface area contributed by atoms with Gasteiger partial charge in [0.05, 0.1) is 17.6 Å². The summed E-state index contributed by atoms with van der Waals surface area (Å²) in [4.78, 5) is 37.8. The Kier molecular flexibility index (Phi) is 6.99. The molecule has 162 valence electrons. The lowest BCUT2D eigenvalue weighted by atomic mass is 10.0. The van der Waals surface area contributed by atoms with Gasteiger partial charge in [0.1, 0.15) is 11.4 Å². The Balaban J connectivity index is 1.94. The molecular weight excluding hydrogens is 402 g/mol. The maximum absolute atomic E-state index is 13.1. The second-order valence-electron chi connectivity index (χ2n) is 6.72. The lowest BCUT2D eigenvalue weighted by Crippen LogP contribution is -2.34. The number of nitro groups is 1. The fraction of sp³-hybridized carbons (Fsp3) is 0.273. The zero-order valence-electron chi connectivity index (χ0n) is 17.3. The minimum atomic E-state index is -0.518. The van der Waals surface area contributed by atoms with Gasteiger partial charge >= 0.3 is 0 Å². The number of nitro benzene ring substituents is 1. The van der Waals surface area contributed by atoms with Crippen LogP contribution in [0.1, 0.15) is 18.9 Å². The van der Waals surface area contributed by atoms with Crippen molar-refractivity contribution < 1.29 is 24.0 Å². The summed E-state index contributed by atoms with van der Waals surface area (Å²) in [6.45, 7) is 3.07. The van der Waals surface area contributed by atoms with E-state index in [-0.39, 0.29) is 23.5 Å². The summed E-state index contributed by atoms with van der Waals surface area (Å²) < 4.78 is 10.4. The minimum absolute atomic E-state index is 0.0978. The molecule has 9 heteroatoms. The zero-order chi connectivity index (χ0) is 22.4. The Morgan fingerprint density at radius 1 is 1.03 bits per heavy atom. The Bertz CT molecular complexity index is 999. The smallest absolute Gasteiger partial charge is 0.278 e. The van der Waals surface area contributed by atoms with Gasteiger partial charge in [-0.05, 0) is 55.3 Å². The highest BCUT2D eigenvalue weighted by atomic mass is 16.6. The number of hydrogen-bond donors (Lipinski definition) is 1. The van der Waals surface area contributed by atoms with Crippen molar-refractivity contribution >= 4 is 28.8 Å². The molecule has 0 unspecified atom stereocenters. The second-order valence-corrected chi connectivity index (χ2v) is 6.72. The maximum atomic E-state index is 13.1. The summed E-state index contributed by atoms with van der Waals surface area (Å²) >= 11 is 0. The topological polar surface area (TPSA) is 111 Å². The van der Waals surface area contributed by atoms with Gasteiger partial charge in [-0.25, -0.2) is 0 Å². The molecule has 3 rings (SSSR count). The molecule has 31 heavy (non-hydrogen) atoms. The Labute approximate surface area is 179 Å². The molecule has 0 spiro atoms. The van der Waals surface area contributed by atoms with Crippen molar-refractivity contribution in [2.24, 2.45) is 0 Å². The van der Waals surface area contributed by atoms with Gasteiger partial charge in [-0.3, -0.25) is 24.6 Å². The molecule has 1 N–H and O–H groups in total. The van der Waals surface area contributed by atoms with Gasteiger partial charge in [0.2, 0.25) is 0 Å². The lowest BCUT2D eigenvalue weighted by molar-refractivity contribution is -0.384. The van der Waals surface area contributed by atoms with E-state index in [0.29, 0.717) is 36.6 Å². The number of benzene rings is 2. The number of amides is 2. The average Bonchev–Trinajstić information content (AvgIpc) is 3.01. The molecule has 1 heterocycles. The fourth-order valence-corrected chi connectivity index (χ4v) is 3.20. The van der Waals surface area contributed by atoms with E-state index in [9.17, 15) is 19.7 Å². The number of imide groups is 1. The van der Waals surface area contributed by atoms with E-state index in [1.165, 1.54) is 29.2 Å². The number of non-ortho nitro benzene ring substituents is 1. The largest absolute Gasteiger partial charge is 0.497 e. The SMILES string of the molecule is CCOCCCN1C(=O)C(Nc2ccc(OC)cc2)=C(c2ccc([N+](=O)[O-])cc2)C1=O. The van der Waals surface area contributed by atoms with Crippen LogP contribution < -0.4 is 10.1 Å². The van der Waals surface area contributed by atoms with Gasteiger partial charge in [-0.1, -0.05) is 0 Å². The standard InChI is InChI=1S/C22H23N3O6/c1-3-31-14-4-13-24-21(26)19(15-5-9-17(10-6-15)25(28)29)20(22(24)27)23-16-7-11-18(30-2)12-8-16/h5-12,23H,3-4,13-14H2,1-2H3. The van der Waals surface area contributed by atoms with Crippen LogP contribution in [0.3, 0.4) is 0 Å². The number of anilines is 1. The molecule has 0 bridgehead atoms. The highest BCUT2D eigenvalue weighted by Crippen LogP contribution is 2.31. The number of nitrogens with one attached hydrogen (secondary N) is 1. The Morgan fingerprint density at radius 3 is 2.29 bits per heavy atom. The number of ether oxygens (including phenoxy) is 2. The molecule has 9 nitrogen and oxygen atoms in total. The van der Waals surface area contributed by atoms with Crippen molar-refractivity contribution in [3.05, 3.63) is 69.9 Å². The van der Waals surface area contributed by atoms with Crippen LogP contribution in [0.5, 0.6) is 5.75 Å². The number of hydrogen-bond acceptors (Lipinski definition) is 7. The summed E-state index contributed by atoms with van der Waals surface area (Å²) in [6, 6.07) is 12.5. The van der Waals surface area contributed by atoms with E-state index in [1.807, 2.05) is 6.92 Å². The van der Waals surface area contributed by atoms with E-state index in [4.69, 9.17) is 9.47 Å². The molecule has 0 radical (unpaired) electrons. The summed E-state index contributed by atoms with van der Waals surface area (Å²) in [5.41, 5.74) is 1.23. The van der Waals surface area contributed by atoms with Gasteiger partial charge < -0.3 is 14.8 Å². The first-order chi connectivity index (χ1) is 15.0. The molecular formula is C22H23N3O6. The van der Waals surface area contributed by atoms with Crippen molar-refractivity contribution in [2.75, 3.05) is 32.2 Å². The molecule has 1 aliphatic heterocycles. The van der Waals surface area contributed by atoms with Gasteiger partial charge in [0.25, 0.3) is 17.5 Å². The molecule has 2 aromatic rings. The predicted octanol–water partition coefficient (Wildman–Crippen LogP) is 3.22. The number of carbonyl (C=O) groups is 2. The van der Waals surface area contributed by atoms with Crippen LogP contribution in [0.2, 0.25) is 0 Å². The monoisotopic (exact) mass is 425 g/mol. The van der Waals surface area contributed by atoms with Gasteiger partial charge in [-0.2, -0.15) is 0 Å². The van der Waals surface area contributed by atoms with Crippen LogP contribution in [0.4, 0.5) is 11.4 Å². The molecule has 0 saturated heterocycles. The number of carbonyl (C=O) groups excluding carboxylic acids is 2. The second kappa shape index (κ2) is 9.86. The fourth-order valence-electron chi connectivity index (χ4n) is 3.20. The van der Waals surface area contributed by atoms with E-state index >= 15 is 0 Å². The van der Waals surface area contributed by atoms with Crippen LogP contribution in [-0.4, -0.2) is 48.5 Å². The van der Waals surface area contributed by atoms with Crippen molar-refractivity contribution in [2.45, 2.75) is 13.3 Å². The lowest BCUT2D eigenvalue weighted by Gasteiger charge is -2.15. The van der Waals surface area contributed by atoms with E-state index in [1.54, 1.807) is 31.4 Å². The first kappa shape index (κ1) is 22.0. The van der Waals surface area contributed by atoms with Crippen molar-refractivity contribution in [3.63, 3.8) is 0 Å². The van der Waals surface area contributed by atoms with Gasteiger partial charge in [0, 0.05) is 37.6 Å². The molecule has 2 aromatic carbocycles. The third kappa shape index (κ3) is 4.89. The highest BCUT2D eigenvalue weighted by molar-refractivity contribution is 6.36. The molecule has 2 amide bonds. The Morgan fingerprint density at radius 2 is 1.71 bits per heavy atom. The normalized spacial score (nSPS) is 13.7. The quantitative estimate of drug-likeness (QED) is 0.269. The number of nitrogens with zero attached hydrogens (tertiary/aromatic N) is 2. The first-order valence-corrected chi connectivity index (χ1v) is 9.80. The molecule has 0 saturated carbocycles. The average molecular weight is 425 g/mol. The van der Waals surface area contributed by atoms with Crippen molar-refractivity contribution in [3.8, 4) is 5.75 Å². The van der Waals surface area contributed by atoms with Crippen LogP contribution in [0.25, 0.3) is 5.57 Å². The molecule has 1 aliphatic rings. The van der Waals surface area contributed by atoms with E-state index < -0.39 is 16.7 Å². The van der Waals surface area contributed by atoms with Crippen LogP contribution in [-0.2, 0) is 14.3 Å². The molecule has 0 atom stereocenters. The molecule has 0 fully saturated rings. The maximum Gasteiger partial charge on any atom is 0.278 e. The van der Waals surface area contributed by atoms with Gasteiger partial charge in [0.15, 0.2) is 0 Å². The summed E-state index contributed by atoms with van der Waals surface area (Å²) in [6.07, 6.45) is 0.509. The van der Waals surface area contributed by atoms with E-state index in [2.05, 4.69) is 5.32 Å². The third-order valence-electron chi connectivity index (χ3n) is 4.77. The summed E-state index contributed by atoms with van der Waals surface area (Å²) in [5, 5.41) is 14.0. The Hall–Kier alpha value is -3.72.